The quantitative estimate of drug-likeness (QED) is 0.446. The number of anilines is 1. The molecule has 6 rings (SSSR count). The minimum atomic E-state index is -0.409. The van der Waals surface area contributed by atoms with Crippen molar-refractivity contribution in [3.63, 3.8) is 0 Å². The van der Waals surface area contributed by atoms with Gasteiger partial charge in [-0.15, -0.1) is 5.10 Å². The van der Waals surface area contributed by atoms with E-state index in [1.54, 1.807) is 35.1 Å². The lowest BCUT2D eigenvalue weighted by molar-refractivity contribution is -0.117. The Kier molecular flexibility index (Phi) is 4.41. The van der Waals surface area contributed by atoms with Crippen LogP contribution in [0.3, 0.4) is 0 Å². The number of rotatable bonds is 4. The van der Waals surface area contributed by atoms with Crippen LogP contribution >= 0.6 is 0 Å². The summed E-state index contributed by atoms with van der Waals surface area (Å²) in [5.74, 6) is 0.801. The molecule has 1 aliphatic heterocycles. The number of aryl methyl sites for hydroxylation is 2. The van der Waals surface area contributed by atoms with Gasteiger partial charge in [0.1, 0.15) is 12.1 Å². The fourth-order valence-electron chi connectivity index (χ4n) is 4.09. The van der Waals surface area contributed by atoms with Crippen molar-refractivity contribution in [2.24, 2.45) is 0 Å². The molecule has 0 unspecified atom stereocenters. The number of benzene rings is 2. The van der Waals surface area contributed by atoms with Crippen LogP contribution in [0.15, 0.2) is 59.7 Å². The first kappa shape index (κ1) is 20.0. The lowest BCUT2D eigenvalue weighted by Crippen LogP contribution is -2.28. The van der Waals surface area contributed by atoms with Crippen molar-refractivity contribution in [3.05, 3.63) is 76.5 Å². The number of ether oxygens (including phenoxy) is 2. The Morgan fingerprint density at radius 1 is 1.03 bits per heavy atom. The molecule has 10 heteroatoms. The molecule has 0 saturated carbocycles. The second-order valence-electron chi connectivity index (χ2n) is 8.23. The Labute approximate surface area is 193 Å². The van der Waals surface area contributed by atoms with E-state index in [1.165, 1.54) is 4.40 Å². The summed E-state index contributed by atoms with van der Waals surface area (Å²) in [6, 6.07) is 13.2. The molecule has 2 aromatic carbocycles. The zero-order valence-corrected chi connectivity index (χ0v) is 18.5. The lowest BCUT2D eigenvalue weighted by atomic mass is 10.0. The smallest absolute Gasteiger partial charge is 0.350 e. The molecule has 0 atom stereocenters. The molecule has 170 valence electrons. The monoisotopic (exact) mass is 456 g/mol. The van der Waals surface area contributed by atoms with Crippen LogP contribution in [0, 0.1) is 13.8 Å². The largest absolute Gasteiger partial charge is 0.454 e. The summed E-state index contributed by atoms with van der Waals surface area (Å²) in [5.41, 5.74) is 5.28. The molecule has 0 fully saturated rings. The van der Waals surface area contributed by atoms with E-state index in [2.05, 4.69) is 33.7 Å². The van der Waals surface area contributed by atoms with Crippen LogP contribution in [0.2, 0.25) is 0 Å². The molecule has 5 aromatic rings. The number of hydrogen-bond acceptors (Lipinski definition) is 6. The fraction of sp³-hybridized carbons (Fsp3) is 0.167. The Morgan fingerprint density at radius 2 is 1.88 bits per heavy atom. The summed E-state index contributed by atoms with van der Waals surface area (Å²) in [6.45, 7) is 3.98. The molecule has 1 amide bonds. The van der Waals surface area contributed by atoms with E-state index in [1.807, 2.05) is 19.9 Å². The molecule has 0 aliphatic carbocycles. The number of fused-ring (bicyclic) bond motifs is 4. The van der Waals surface area contributed by atoms with E-state index in [0.717, 1.165) is 27.1 Å². The maximum Gasteiger partial charge on any atom is 0.350 e. The van der Waals surface area contributed by atoms with E-state index >= 15 is 0 Å². The predicted molar refractivity (Wildman–Crippen MR) is 124 cm³/mol. The third kappa shape index (κ3) is 3.27. The van der Waals surface area contributed by atoms with Crippen molar-refractivity contribution in [1.29, 1.82) is 0 Å². The molecule has 0 saturated heterocycles. The van der Waals surface area contributed by atoms with Crippen LogP contribution in [-0.4, -0.2) is 36.5 Å². The second kappa shape index (κ2) is 7.48. The van der Waals surface area contributed by atoms with E-state index in [4.69, 9.17) is 9.47 Å². The second-order valence-corrected chi connectivity index (χ2v) is 8.23. The zero-order valence-electron chi connectivity index (χ0n) is 18.5. The maximum atomic E-state index is 12.9. The van der Waals surface area contributed by atoms with Gasteiger partial charge in [-0.25, -0.2) is 18.4 Å². The van der Waals surface area contributed by atoms with E-state index in [-0.39, 0.29) is 19.2 Å². The van der Waals surface area contributed by atoms with E-state index < -0.39 is 5.69 Å². The van der Waals surface area contributed by atoms with Gasteiger partial charge in [0, 0.05) is 29.7 Å². The van der Waals surface area contributed by atoms with Crippen LogP contribution < -0.4 is 20.5 Å². The normalized spacial score (nSPS) is 12.5. The van der Waals surface area contributed by atoms with Crippen LogP contribution in [0.25, 0.3) is 22.4 Å². The summed E-state index contributed by atoms with van der Waals surface area (Å²) in [4.78, 5) is 25.5. The van der Waals surface area contributed by atoms with Crippen molar-refractivity contribution in [3.8, 4) is 22.8 Å². The molecule has 10 nitrogen and oxygen atoms in total. The first-order valence-electron chi connectivity index (χ1n) is 10.7. The average molecular weight is 456 g/mol. The van der Waals surface area contributed by atoms with Crippen LogP contribution in [0.4, 0.5) is 5.69 Å². The summed E-state index contributed by atoms with van der Waals surface area (Å²) in [5, 5.41) is 11.9. The molecule has 1 N–H and O–H groups in total. The summed E-state index contributed by atoms with van der Waals surface area (Å²) in [7, 11) is 0. The number of nitrogens with zero attached hydrogens (tertiary/aromatic N) is 5. The summed E-state index contributed by atoms with van der Waals surface area (Å²) in [6.07, 6.45) is 3.31. The van der Waals surface area contributed by atoms with Gasteiger partial charge < -0.3 is 14.8 Å². The van der Waals surface area contributed by atoms with Crippen LogP contribution in [0.5, 0.6) is 11.5 Å². The molecular weight excluding hydrogens is 436 g/mol. The average Bonchev–Trinajstić information content (AvgIpc) is 3.53. The number of aromatic nitrogens is 5. The number of carbonyl (C=O) groups excluding carboxylic acids is 1. The van der Waals surface area contributed by atoms with Gasteiger partial charge in [-0.3, -0.25) is 4.79 Å². The van der Waals surface area contributed by atoms with E-state index in [0.29, 0.717) is 28.4 Å². The van der Waals surface area contributed by atoms with Crippen LogP contribution in [-0.2, 0) is 11.3 Å². The third-order valence-corrected chi connectivity index (χ3v) is 5.81. The predicted octanol–water partition coefficient (Wildman–Crippen LogP) is 2.79. The molecule has 0 bridgehead atoms. The number of nitrogens with one attached hydrogen (secondary N) is 1. The van der Waals surface area contributed by atoms with Gasteiger partial charge in [0.15, 0.2) is 17.1 Å². The molecule has 0 spiro atoms. The minimum Gasteiger partial charge on any atom is -0.454 e. The highest BCUT2D eigenvalue weighted by Gasteiger charge is 2.17. The third-order valence-electron chi connectivity index (χ3n) is 5.81. The van der Waals surface area contributed by atoms with Gasteiger partial charge >= 0.3 is 5.69 Å². The highest BCUT2D eigenvalue weighted by Crippen LogP contribution is 2.34. The number of carbonyl (C=O) groups is 1. The molecule has 4 heterocycles. The highest BCUT2D eigenvalue weighted by atomic mass is 16.7. The molecular formula is C24H20N6O4. The van der Waals surface area contributed by atoms with Gasteiger partial charge in [-0.2, -0.15) is 5.10 Å². The Bertz CT molecular complexity index is 1660. The van der Waals surface area contributed by atoms with E-state index in [9.17, 15) is 9.59 Å². The van der Waals surface area contributed by atoms with Crippen molar-refractivity contribution in [2.45, 2.75) is 20.4 Å². The fourth-order valence-corrected chi connectivity index (χ4v) is 4.09. The summed E-state index contributed by atoms with van der Waals surface area (Å²) < 4.78 is 14.9. The standard InChI is InChI=1S/C24H20N6O4/c1-14-3-4-15(2)17(9-14)18-11-19-23-27-30(24(32)28(23)7-8-29(19)26-18)12-22(31)25-16-5-6-20-21(10-16)34-13-33-20/h3-11H,12-13H2,1-2H3,(H,25,31). The molecule has 34 heavy (non-hydrogen) atoms. The first-order chi connectivity index (χ1) is 16.5. The molecule has 0 radical (unpaired) electrons. The van der Waals surface area contributed by atoms with Gasteiger partial charge in [0.05, 0.1) is 5.69 Å². The lowest BCUT2D eigenvalue weighted by Gasteiger charge is -2.05. The van der Waals surface area contributed by atoms with Crippen molar-refractivity contribution in [1.82, 2.24) is 23.8 Å². The molecule has 3 aromatic heterocycles. The highest BCUT2D eigenvalue weighted by molar-refractivity contribution is 5.91. The van der Waals surface area contributed by atoms with Crippen molar-refractivity contribution >= 4 is 22.8 Å². The molecule has 1 aliphatic rings. The van der Waals surface area contributed by atoms with Gasteiger partial charge in [-0.1, -0.05) is 17.7 Å². The topological polar surface area (TPSA) is 104 Å². The Balaban J connectivity index is 1.33. The van der Waals surface area contributed by atoms with Gasteiger partial charge in [0.25, 0.3) is 0 Å². The maximum absolute atomic E-state index is 12.9. The van der Waals surface area contributed by atoms with Gasteiger partial charge in [-0.05, 0) is 43.7 Å². The Morgan fingerprint density at radius 3 is 2.76 bits per heavy atom. The van der Waals surface area contributed by atoms with Crippen LogP contribution in [0.1, 0.15) is 11.1 Å². The minimum absolute atomic E-state index is 0.150. The SMILES string of the molecule is Cc1ccc(C)c(-c2cc3c4nn(CC(=O)Nc5ccc6c(c5)OCO6)c(=O)n4ccn3n2)c1. The zero-order chi connectivity index (χ0) is 23.4. The van der Waals surface area contributed by atoms with Gasteiger partial charge in [0.2, 0.25) is 12.7 Å². The summed E-state index contributed by atoms with van der Waals surface area (Å²) >= 11 is 0. The Hall–Kier alpha value is -4.60. The number of amides is 1. The number of hydrogen-bond donors (Lipinski definition) is 1. The first-order valence-corrected chi connectivity index (χ1v) is 10.7. The van der Waals surface area contributed by atoms with Crippen molar-refractivity contribution < 1.29 is 14.3 Å². The van der Waals surface area contributed by atoms with Crippen molar-refractivity contribution in [2.75, 3.05) is 12.1 Å².